The molecule has 1 aromatic heterocycles. The van der Waals surface area contributed by atoms with Crippen molar-refractivity contribution in [3.05, 3.63) is 145 Å². The summed E-state index contributed by atoms with van der Waals surface area (Å²) in [5.41, 5.74) is 45.8. The van der Waals surface area contributed by atoms with Gasteiger partial charge in [-0.05, 0) is 390 Å². The molecule has 9 aromatic rings. The molecule has 0 saturated carbocycles. The van der Waals surface area contributed by atoms with E-state index in [0.29, 0.717) is 0 Å². The number of fused-ring (bicyclic) bond motifs is 6. The van der Waals surface area contributed by atoms with Gasteiger partial charge in [0.15, 0.2) is 0 Å². The first-order chi connectivity index (χ1) is 32.2. The molecule has 69 heavy (non-hydrogen) atoms. The lowest BCUT2D eigenvalue weighted by Crippen LogP contribution is -2.08. The lowest BCUT2D eigenvalue weighted by atomic mass is 9.72. The van der Waals surface area contributed by atoms with E-state index < -0.39 is 0 Å². The Morgan fingerprint density at radius 1 is 0.130 bits per heavy atom. The summed E-state index contributed by atoms with van der Waals surface area (Å²) >= 11 is 0. The lowest BCUT2D eigenvalue weighted by molar-refractivity contribution is 0.661. The fraction of sp³-hybridized carbons (Fsp3) is 0.382. The molecule has 0 N–H and O–H groups in total. The molecule has 0 saturated heterocycles. The van der Waals surface area contributed by atoms with E-state index >= 15 is 0 Å². The highest BCUT2D eigenvalue weighted by Crippen LogP contribution is 2.57. The minimum absolute atomic E-state index is 1.03. The Bertz CT molecular complexity index is 3790. The number of hydrogen-bond acceptors (Lipinski definition) is 1. The molecule has 0 aliphatic rings. The Balaban J connectivity index is 1.70. The molecule has 356 valence electrons. The number of benzene rings is 8. The third kappa shape index (κ3) is 6.01. The molecule has 0 spiro atoms. The monoisotopic (exact) mass is 911 g/mol. The summed E-state index contributed by atoms with van der Waals surface area (Å²) in [6.45, 7) is 61.5. The van der Waals surface area contributed by atoms with Crippen LogP contribution in [-0.2, 0) is 0 Å². The highest BCUT2D eigenvalue weighted by molar-refractivity contribution is 6.30. The molecule has 0 atom stereocenters. The smallest absolute Gasteiger partial charge is 0.139 e. The highest BCUT2D eigenvalue weighted by atomic mass is 16.3. The molecule has 1 nitrogen and oxygen atoms in total. The molecule has 1 heteroatoms. The average Bonchev–Trinajstić information content (AvgIpc) is 3.72. The first-order valence-electron chi connectivity index (χ1n) is 25.7. The van der Waals surface area contributed by atoms with Gasteiger partial charge >= 0.3 is 0 Å². The fourth-order valence-electron chi connectivity index (χ4n) is 13.6. The van der Waals surface area contributed by atoms with Gasteiger partial charge in [-0.1, -0.05) is 0 Å². The predicted molar refractivity (Wildman–Crippen MR) is 306 cm³/mol. The standard InChI is InChI=1S/C68H78O/c1-27-28(2)39(13)53(40(14)29(27)3)62-52(26)55(51(25)54-41(15)30(4)31(5)42(16)56(54)62)64-57-43(17)32(6)34(8)45(19)59(57)65(60-46(20)35(9)33(7)44(18)58(60)64)61-47(21)38(12)50(24)68-66(61)63-48(22)36(10)37(11)49(23)67(63)69-68/h1-26H3. The minimum Gasteiger partial charge on any atom is -0.455 e. The van der Waals surface area contributed by atoms with Crippen molar-refractivity contribution >= 4 is 54.3 Å². The molecule has 0 amide bonds. The Hall–Kier alpha value is -5.66. The summed E-state index contributed by atoms with van der Waals surface area (Å²) < 4.78 is 7.25. The maximum absolute atomic E-state index is 7.25. The zero-order chi connectivity index (χ0) is 51.0. The molecular weight excluding hydrogens is 833 g/mol. The normalized spacial score (nSPS) is 12.2. The number of furan rings is 1. The van der Waals surface area contributed by atoms with E-state index in [0.717, 1.165) is 11.2 Å². The van der Waals surface area contributed by atoms with Gasteiger partial charge in [0.1, 0.15) is 11.2 Å². The summed E-state index contributed by atoms with van der Waals surface area (Å²) in [5, 5.41) is 10.9. The molecular formula is C68H78O. The van der Waals surface area contributed by atoms with Crippen molar-refractivity contribution in [1.82, 2.24) is 0 Å². The van der Waals surface area contributed by atoms with Gasteiger partial charge < -0.3 is 4.42 Å². The first-order valence-corrected chi connectivity index (χ1v) is 25.7. The molecule has 0 bridgehead atoms. The van der Waals surface area contributed by atoms with Crippen molar-refractivity contribution < 1.29 is 4.42 Å². The van der Waals surface area contributed by atoms with Gasteiger partial charge in [-0.3, -0.25) is 0 Å². The van der Waals surface area contributed by atoms with E-state index in [9.17, 15) is 0 Å². The highest BCUT2D eigenvalue weighted by Gasteiger charge is 2.33. The summed E-state index contributed by atoms with van der Waals surface area (Å²) in [6, 6.07) is 0. The number of hydrogen-bond donors (Lipinski definition) is 0. The van der Waals surface area contributed by atoms with Gasteiger partial charge in [-0.15, -0.1) is 0 Å². The summed E-state index contributed by atoms with van der Waals surface area (Å²) in [4.78, 5) is 0. The van der Waals surface area contributed by atoms with E-state index in [1.54, 1.807) is 0 Å². The largest absolute Gasteiger partial charge is 0.455 e. The van der Waals surface area contributed by atoms with Crippen LogP contribution in [0.4, 0.5) is 0 Å². The summed E-state index contributed by atoms with van der Waals surface area (Å²) in [6.07, 6.45) is 0. The minimum atomic E-state index is 1.03. The SMILES string of the molecule is Cc1c(C)c(C)c(-c2c(C)c(-c3c4c(C)c(C)c(C)c(C)c4c(-c4c(C)c(C)c(C)c5oc6c(C)c(C)c(C)c(C)c6c45)c4c(C)c(C)c(C)c(C)c34)c(C)c3c(C)c(C)c(C)c(C)c23)c(C)c1C. The third-order valence-electron chi connectivity index (χ3n) is 20.0. The van der Waals surface area contributed by atoms with Crippen LogP contribution in [0.2, 0.25) is 0 Å². The molecule has 8 aromatic carbocycles. The van der Waals surface area contributed by atoms with E-state index in [1.807, 2.05) is 0 Å². The summed E-state index contributed by atoms with van der Waals surface area (Å²) in [7, 11) is 0. The van der Waals surface area contributed by atoms with Crippen LogP contribution in [0.1, 0.15) is 145 Å². The van der Waals surface area contributed by atoms with Crippen molar-refractivity contribution in [2.75, 3.05) is 0 Å². The second-order valence-electron chi connectivity index (χ2n) is 22.3. The number of rotatable bonds is 3. The second-order valence-corrected chi connectivity index (χ2v) is 22.3. The maximum atomic E-state index is 7.25. The van der Waals surface area contributed by atoms with Crippen LogP contribution in [0.5, 0.6) is 0 Å². The Labute approximate surface area is 414 Å². The molecule has 0 aliphatic heterocycles. The van der Waals surface area contributed by atoms with Crippen LogP contribution in [-0.4, -0.2) is 0 Å². The second kappa shape index (κ2) is 15.9. The quantitative estimate of drug-likeness (QED) is 0.161. The van der Waals surface area contributed by atoms with Crippen LogP contribution >= 0.6 is 0 Å². The van der Waals surface area contributed by atoms with Gasteiger partial charge in [0.25, 0.3) is 0 Å². The Morgan fingerprint density at radius 3 is 0.739 bits per heavy atom. The topological polar surface area (TPSA) is 13.1 Å². The molecule has 1 heterocycles. The lowest BCUT2D eigenvalue weighted by Gasteiger charge is -2.31. The Morgan fingerprint density at radius 2 is 0.348 bits per heavy atom. The van der Waals surface area contributed by atoms with Gasteiger partial charge in [0.2, 0.25) is 0 Å². The molecule has 0 fully saturated rings. The maximum Gasteiger partial charge on any atom is 0.139 e. The molecule has 9 rings (SSSR count). The first kappa shape index (κ1) is 48.4. The molecule has 0 aliphatic carbocycles. The van der Waals surface area contributed by atoms with Crippen LogP contribution in [0.3, 0.4) is 0 Å². The average molecular weight is 911 g/mol. The predicted octanol–water partition coefficient (Wildman–Crippen LogP) is 20.1. The van der Waals surface area contributed by atoms with Crippen molar-refractivity contribution in [3.8, 4) is 33.4 Å². The third-order valence-corrected chi connectivity index (χ3v) is 20.0. The zero-order valence-electron chi connectivity index (χ0n) is 47.4. The molecule has 0 radical (unpaired) electrons. The van der Waals surface area contributed by atoms with Crippen LogP contribution < -0.4 is 0 Å². The van der Waals surface area contributed by atoms with E-state index in [-0.39, 0.29) is 0 Å². The van der Waals surface area contributed by atoms with Gasteiger partial charge in [0, 0.05) is 10.8 Å². The zero-order valence-corrected chi connectivity index (χ0v) is 47.4. The van der Waals surface area contributed by atoms with Crippen LogP contribution in [0.15, 0.2) is 4.42 Å². The van der Waals surface area contributed by atoms with Crippen LogP contribution in [0.25, 0.3) is 87.6 Å². The Kier molecular flexibility index (Phi) is 11.2. The fourth-order valence-corrected chi connectivity index (χ4v) is 13.6. The van der Waals surface area contributed by atoms with Crippen molar-refractivity contribution in [2.24, 2.45) is 0 Å². The molecule has 0 unspecified atom stereocenters. The van der Waals surface area contributed by atoms with Crippen molar-refractivity contribution in [2.45, 2.75) is 180 Å². The van der Waals surface area contributed by atoms with E-state index in [2.05, 4.69) is 180 Å². The van der Waals surface area contributed by atoms with Gasteiger partial charge in [-0.2, -0.15) is 0 Å². The van der Waals surface area contributed by atoms with E-state index in [4.69, 9.17) is 4.42 Å². The van der Waals surface area contributed by atoms with Gasteiger partial charge in [-0.25, -0.2) is 0 Å². The van der Waals surface area contributed by atoms with Crippen molar-refractivity contribution in [1.29, 1.82) is 0 Å². The van der Waals surface area contributed by atoms with Crippen molar-refractivity contribution in [3.63, 3.8) is 0 Å². The number of aryl methyl sites for hydroxylation is 10. The van der Waals surface area contributed by atoms with Crippen LogP contribution in [0, 0.1) is 180 Å². The van der Waals surface area contributed by atoms with Gasteiger partial charge in [0.05, 0.1) is 0 Å². The summed E-state index contributed by atoms with van der Waals surface area (Å²) in [5.74, 6) is 0. The van der Waals surface area contributed by atoms with E-state index in [1.165, 1.54) is 221 Å².